The van der Waals surface area contributed by atoms with Crippen LogP contribution in [0.1, 0.15) is 44.3 Å². The molecule has 0 aliphatic heterocycles. The standard InChI is InChI=1S/C15H22BrNO/c1-11-4-2-7-14(8-11)18-15(10-17)12-5-3-6-13(16)9-12/h3,5-6,9,11,14-15H,2,4,7-8,10,17H2,1H3. The van der Waals surface area contributed by atoms with Crippen molar-refractivity contribution in [2.45, 2.75) is 44.8 Å². The summed E-state index contributed by atoms with van der Waals surface area (Å²) in [5, 5.41) is 0. The summed E-state index contributed by atoms with van der Waals surface area (Å²) < 4.78 is 7.29. The van der Waals surface area contributed by atoms with Gasteiger partial charge in [-0.15, -0.1) is 0 Å². The minimum absolute atomic E-state index is 0.0257. The van der Waals surface area contributed by atoms with E-state index in [1.165, 1.54) is 31.2 Å². The molecule has 0 bridgehead atoms. The summed E-state index contributed by atoms with van der Waals surface area (Å²) in [6, 6.07) is 8.26. The number of rotatable bonds is 4. The summed E-state index contributed by atoms with van der Waals surface area (Å²) in [5.41, 5.74) is 7.04. The summed E-state index contributed by atoms with van der Waals surface area (Å²) in [6.07, 6.45) is 5.37. The molecular formula is C15H22BrNO. The highest BCUT2D eigenvalue weighted by atomic mass is 79.9. The Morgan fingerprint density at radius 3 is 2.94 bits per heavy atom. The van der Waals surface area contributed by atoms with Gasteiger partial charge in [-0.25, -0.2) is 0 Å². The van der Waals surface area contributed by atoms with E-state index in [-0.39, 0.29) is 6.10 Å². The topological polar surface area (TPSA) is 35.2 Å². The Hall–Kier alpha value is -0.380. The van der Waals surface area contributed by atoms with Crippen LogP contribution in [0.5, 0.6) is 0 Å². The fourth-order valence-corrected chi connectivity index (χ4v) is 3.13. The van der Waals surface area contributed by atoms with Crippen LogP contribution in [0, 0.1) is 5.92 Å². The van der Waals surface area contributed by atoms with Crippen LogP contribution < -0.4 is 5.73 Å². The molecule has 0 saturated heterocycles. The minimum atomic E-state index is 0.0257. The van der Waals surface area contributed by atoms with E-state index in [0.29, 0.717) is 12.6 Å². The van der Waals surface area contributed by atoms with E-state index in [1.54, 1.807) is 0 Å². The number of nitrogens with two attached hydrogens (primary N) is 1. The van der Waals surface area contributed by atoms with Crippen LogP contribution in [0.15, 0.2) is 28.7 Å². The summed E-state index contributed by atoms with van der Waals surface area (Å²) in [5.74, 6) is 0.782. The molecule has 0 spiro atoms. The zero-order chi connectivity index (χ0) is 13.0. The Labute approximate surface area is 118 Å². The molecule has 18 heavy (non-hydrogen) atoms. The maximum atomic E-state index is 6.21. The van der Waals surface area contributed by atoms with Crippen LogP contribution in [0.25, 0.3) is 0 Å². The second kappa shape index (κ2) is 6.69. The maximum Gasteiger partial charge on any atom is 0.0951 e. The predicted octanol–water partition coefficient (Wildman–Crippen LogP) is 4.04. The van der Waals surface area contributed by atoms with Crippen molar-refractivity contribution < 1.29 is 4.74 Å². The Morgan fingerprint density at radius 2 is 2.28 bits per heavy atom. The van der Waals surface area contributed by atoms with Crippen LogP contribution in [-0.2, 0) is 4.74 Å². The Kier molecular flexibility index (Phi) is 5.22. The van der Waals surface area contributed by atoms with Crippen molar-refractivity contribution in [3.8, 4) is 0 Å². The van der Waals surface area contributed by atoms with Gasteiger partial charge in [-0.2, -0.15) is 0 Å². The molecule has 0 radical (unpaired) electrons. The highest BCUT2D eigenvalue weighted by Crippen LogP contribution is 2.30. The zero-order valence-electron chi connectivity index (χ0n) is 10.9. The Bertz CT molecular complexity index is 383. The van der Waals surface area contributed by atoms with Crippen molar-refractivity contribution in [1.82, 2.24) is 0 Å². The Balaban J connectivity index is 2.00. The Morgan fingerprint density at radius 1 is 1.44 bits per heavy atom. The highest BCUT2D eigenvalue weighted by molar-refractivity contribution is 9.10. The molecule has 0 aromatic heterocycles. The van der Waals surface area contributed by atoms with Gasteiger partial charge < -0.3 is 10.5 Å². The lowest BCUT2D eigenvalue weighted by Gasteiger charge is -2.30. The molecule has 0 heterocycles. The predicted molar refractivity (Wildman–Crippen MR) is 78.4 cm³/mol. The van der Waals surface area contributed by atoms with Crippen molar-refractivity contribution in [3.63, 3.8) is 0 Å². The molecule has 1 aliphatic carbocycles. The van der Waals surface area contributed by atoms with Crippen LogP contribution >= 0.6 is 15.9 Å². The van der Waals surface area contributed by atoms with E-state index in [2.05, 4.69) is 35.0 Å². The lowest BCUT2D eigenvalue weighted by molar-refractivity contribution is -0.0361. The first-order chi connectivity index (χ1) is 8.69. The molecular weight excluding hydrogens is 290 g/mol. The fourth-order valence-electron chi connectivity index (χ4n) is 2.71. The first-order valence-corrected chi connectivity index (χ1v) is 7.59. The fraction of sp³-hybridized carbons (Fsp3) is 0.600. The van der Waals surface area contributed by atoms with Crippen molar-refractivity contribution in [2.24, 2.45) is 11.7 Å². The van der Waals surface area contributed by atoms with Crippen LogP contribution in [0.4, 0.5) is 0 Å². The number of hydrogen-bond acceptors (Lipinski definition) is 2. The molecule has 3 unspecified atom stereocenters. The van der Waals surface area contributed by atoms with Crippen LogP contribution in [0.3, 0.4) is 0 Å². The third-order valence-corrected chi connectivity index (χ3v) is 4.17. The molecule has 1 aromatic carbocycles. The monoisotopic (exact) mass is 311 g/mol. The number of ether oxygens (including phenoxy) is 1. The van der Waals surface area contributed by atoms with E-state index in [0.717, 1.165) is 10.4 Å². The van der Waals surface area contributed by atoms with Gasteiger partial charge in [0, 0.05) is 11.0 Å². The van der Waals surface area contributed by atoms with E-state index in [1.807, 2.05) is 12.1 Å². The lowest BCUT2D eigenvalue weighted by Crippen LogP contribution is -2.26. The molecule has 1 saturated carbocycles. The second-order valence-corrected chi connectivity index (χ2v) is 6.22. The average Bonchev–Trinajstić information content (AvgIpc) is 2.36. The summed E-state index contributed by atoms with van der Waals surface area (Å²) in [7, 11) is 0. The van der Waals surface area contributed by atoms with Gasteiger partial charge in [-0.05, 0) is 36.5 Å². The third-order valence-electron chi connectivity index (χ3n) is 3.68. The van der Waals surface area contributed by atoms with Gasteiger partial charge in [0.2, 0.25) is 0 Å². The first kappa shape index (κ1) is 14.0. The number of benzene rings is 1. The summed E-state index contributed by atoms with van der Waals surface area (Å²) in [4.78, 5) is 0. The molecule has 2 N–H and O–H groups in total. The van der Waals surface area contributed by atoms with Gasteiger partial charge in [0.25, 0.3) is 0 Å². The molecule has 3 heteroatoms. The van der Waals surface area contributed by atoms with Gasteiger partial charge >= 0.3 is 0 Å². The number of halogens is 1. The SMILES string of the molecule is CC1CCCC(OC(CN)c2cccc(Br)c2)C1. The van der Waals surface area contributed by atoms with Gasteiger partial charge in [0.1, 0.15) is 0 Å². The molecule has 0 amide bonds. The number of hydrogen-bond donors (Lipinski definition) is 1. The van der Waals surface area contributed by atoms with Crippen molar-refractivity contribution >= 4 is 15.9 Å². The second-order valence-electron chi connectivity index (χ2n) is 5.31. The van der Waals surface area contributed by atoms with E-state index < -0.39 is 0 Å². The molecule has 2 rings (SSSR count). The van der Waals surface area contributed by atoms with Crippen molar-refractivity contribution in [3.05, 3.63) is 34.3 Å². The van der Waals surface area contributed by atoms with E-state index in [9.17, 15) is 0 Å². The van der Waals surface area contributed by atoms with Gasteiger partial charge in [0.05, 0.1) is 12.2 Å². The summed E-state index contributed by atoms with van der Waals surface area (Å²) in [6.45, 7) is 2.85. The maximum absolute atomic E-state index is 6.21. The van der Waals surface area contributed by atoms with Crippen LogP contribution in [0.2, 0.25) is 0 Å². The highest BCUT2D eigenvalue weighted by Gasteiger charge is 2.23. The van der Waals surface area contributed by atoms with Gasteiger partial charge in [-0.1, -0.05) is 47.8 Å². The molecule has 3 atom stereocenters. The minimum Gasteiger partial charge on any atom is -0.369 e. The van der Waals surface area contributed by atoms with Gasteiger partial charge in [-0.3, -0.25) is 0 Å². The molecule has 1 aliphatic rings. The van der Waals surface area contributed by atoms with Crippen molar-refractivity contribution in [2.75, 3.05) is 6.54 Å². The molecule has 2 nitrogen and oxygen atoms in total. The first-order valence-electron chi connectivity index (χ1n) is 6.80. The van der Waals surface area contributed by atoms with Crippen LogP contribution in [-0.4, -0.2) is 12.6 Å². The normalized spacial score (nSPS) is 25.9. The van der Waals surface area contributed by atoms with Gasteiger partial charge in [0.15, 0.2) is 0 Å². The molecule has 100 valence electrons. The molecule has 1 fully saturated rings. The lowest BCUT2D eigenvalue weighted by atomic mass is 9.88. The average molecular weight is 312 g/mol. The summed E-state index contributed by atoms with van der Waals surface area (Å²) >= 11 is 3.50. The largest absolute Gasteiger partial charge is 0.369 e. The third kappa shape index (κ3) is 3.81. The molecule has 1 aromatic rings. The zero-order valence-corrected chi connectivity index (χ0v) is 12.5. The quantitative estimate of drug-likeness (QED) is 0.910. The smallest absolute Gasteiger partial charge is 0.0951 e. The van der Waals surface area contributed by atoms with Crippen molar-refractivity contribution in [1.29, 1.82) is 0 Å². The van der Waals surface area contributed by atoms with E-state index >= 15 is 0 Å². The van der Waals surface area contributed by atoms with E-state index in [4.69, 9.17) is 10.5 Å².